The van der Waals surface area contributed by atoms with Gasteiger partial charge in [0.2, 0.25) is 0 Å². The molecule has 6 heteroatoms. The van der Waals surface area contributed by atoms with Crippen molar-refractivity contribution >= 4 is 27.3 Å². The Bertz CT molecular complexity index is 1140. The molecule has 0 bridgehead atoms. The van der Waals surface area contributed by atoms with E-state index in [2.05, 4.69) is 81.2 Å². The van der Waals surface area contributed by atoms with Gasteiger partial charge in [-0.2, -0.15) is 0 Å². The summed E-state index contributed by atoms with van der Waals surface area (Å²) in [7, 11) is 0. The van der Waals surface area contributed by atoms with E-state index >= 15 is 0 Å². The van der Waals surface area contributed by atoms with E-state index in [9.17, 15) is 0 Å². The summed E-state index contributed by atoms with van der Waals surface area (Å²) < 4.78 is 8.43. The standard InChI is InChI=1S/C24H25BrN4O/c1-5-18-7-8-19(24-16(3)27-30-17(24)4)13-23(18)29(6-2)20-9-10-22(21(25)14-20)28-12-11-26-15-28/h7-15H,5-6H2,1-4H3. The number of imidazole rings is 1. The number of hydrogen-bond donors (Lipinski definition) is 0. The Hall–Kier alpha value is -2.86. The van der Waals surface area contributed by atoms with Gasteiger partial charge < -0.3 is 14.0 Å². The van der Waals surface area contributed by atoms with Gasteiger partial charge in [-0.3, -0.25) is 0 Å². The second-order valence-corrected chi connectivity index (χ2v) is 8.10. The van der Waals surface area contributed by atoms with Crippen molar-refractivity contribution in [2.45, 2.75) is 34.1 Å². The molecule has 0 saturated carbocycles. The topological polar surface area (TPSA) is 47.1 Å². The van der Waals surface area contributed by atoms with Crippen molar-refractivity contribution in [3.63, 3.8) is 0 Å². The highest BCUT2D eigenvalue weighted by Crippen LogP contribution is 2.37. The molecule has 2 aromatic heterocycles. The lowest BCUT2D eigenvalue weighted by Gasteiger charge is -2.27. The third-order valence-corrected chi connectivity index (χ3v) is 6.06. The Labute approximate surface area is 185 Å². The molecule has 0 unspecified atom stereocenters. The van der Waals surface area contributed by atoms with Crippen LogP contribution < -0.4 is 4.90 Å². The average molecular weight is 465 g/mol. The second kappa shape index (κ2) is 8.48. The molecule has 0 fully saturated rings. The fourth-order valence-corrected chi connectivity index (χ4v) is 4.50. The van der Waals surface area contributed by atoms with Crippen molar-refractivity contribution in [3.8, 4) is 16.8 Å². The predicted octanol–water partition coefficient (Wildman–Crippen LogP) is 6.63. The van der Waals surface area contributed by atoms with E-state index < -0.39 is 0 Å². The van der Waals surface area contributed by atoms with Crippen LogP contribution in [0.25, 0.3) is 16.8 Å². The Kier molecular flexibility index (Phi) is 5.77. The zero-order valence-corrected chi connectivity index (χ0v) is 19.3. The molecular formula is C24H25BrN4O. The highest BCUT2D eigenvalue weighted by Gasteiger charge is 2.17. The molecule has 2 heterocycles. The molecule has 0 amide bonds. The van der Waals surface area contributed by atoms with Crippen LogP contribution in [-0.4, -0.2) is 21.3 Å². The Morgan fingerprint density at radius 3 is 2.53 bits per heavy atom. The largest absolute Gasteiger partial charge is 0.361 e. The quantitative estimate of drug-likeness (QED) is 0.321. The summed E-state index contributed by atoms with van der Waals surface area (Å²) in [6.45, 7) is 9.18. The Morgan fingerprint density at radius 1 is 1.10 bits per heavy atom. The number of aryl methyl sites for hydroxylation is 3. The molecule has 4 rings (SSSR count). The second-order valence-electron chi connectivity index (χ2n) is 7.25. The minimum Gasteiger partial charge on any atom is -0.361 e. The summed E-state index contributed by atoms with van der Waals surface area (Å²) in [6.07, 6.45) is 6.49. The summed E-state index contributed by atoms with van der Waals surface area (Å²) in [4.78, 5) is 6.50. The van der Waals surface area contributed by atoms with Gasteiger partial charge in [0.05, 0.1) is 17.7 Å². The average Bonchev–Trinajstić information content (AvgIpc) is 3.39. The highest BCUT2D eigenvalue weighted by atomic mass is 79.9. The van der Waals surface area contributed by atoms with Gasteiger partial charge in [-0.1, -0.05) is 24.2 Å². The van der Waals surface area contributed by atoms with Crippen molar-refractivity contribution < 1.29 is 4.52 Å². The maximum atomic E-state index is 5.40. The minimum atomic E-state index is 0.846. The summed E-state index contributed by atoms with van der Waals surface area (Å²) in [5.41, 5.74) is 7.84. The molecule has 0 aliphatic rings. The van der Waals surface area contributed by atoms with Gasteiger partial charge >= 0.3 is 0 Å². The molecule has 0 aliphatic carbocycles. The zero-order chi connectivity index (χ0) is 21.3. The van der Waals surface area contributed by atoms with Crippen LogP contribution in [0.3, 0.4) is 0 Å². The number of nitrogens with zero attached hydrogens (tertiary/aromatic N) is 4. The van der Waals surface area contributed by atoms with Crippen molar-refractivity contribution in [1.82, 2.24) is 14.7 Å². The normalized spacial score (nSPS) is 11.1. The van der Waals surface area contributed by atoms with Crippen molar-refractivity contribution in [2.75, 3.05) is 11.4 Å². The first-order valence-electron chi connectivity index (χ1n) is 10.1. The molecule has 0 saturated heterocycles. The van der Waals surface area contributed by atoms with Crippen LogP contribution in [0.5, 0.6) is 0 Å². The molecule has 154 valence electrons. The fourth-order valence-electron chi connectivity index (χ4n) is 3.93. The number of halogens is 1. The number of hydrogen-bond acceptors (Lipinski definition) is 4. The molecule has 4 aromatic rings. The molecule has 0 aliphatic heterocycles. The lowest BCUT2D eigenvalue weighted by molar-refractivity contribution is 0.393. The van der Waals surface area contributed by atoms with Gasteiger partial charge in [0, 0.05) is 40.3 Å². The van der Waals surface area contributed by atoms with E-state index in [-0.39, 0.29) is 0 Å². The van der Waals surface area contributed by atoms with Gasteiger partial charge in [0.1, 0.15) is 5.76 Å². The van der Waals surface area contributed by atoms with Crippen molar-refractivity contribution in [3.05, 3.63) is 76.6 Å². The van der Waals surface area contributed by atoms with Gasteiger partial charge in [-0.15, -0.1) is 0 Å². The summed E-state index contributed by atoms with van der Waals surface area (Å²) >= 11 is 3.74. The molecule has 5 nitrogen and oxygen atoms in total. The molecular weight excluding hydrogens is 440 g/mol. The van der Waals surface area contributed by atoms with Crippen molar-refractivity contribution in [2.24, 2.45) is 0 Å². The van der Waals surface area contributed by atoms with Crippen LogP contribution in [0, 0.1) is 13.8 Å². The predicted molar refractivity (Wildman–Crippen MR) is 125 cm³/mol. The van der Waals surface area contributed by atoms with E-state index in [1.807, 2.05) is 24.6 Å². The summed E-state index contributed by atoms with van der Waals surface area (Å²) in [5.74, 6) is 0.846. The lowest BCUT2D eigenvalue weighted by Crippen LogP contribution is -2.18. The van der Waals surface area contributed by atoms with E-state index in [4.69, 9.17) is 4.52 Å². The first kappa shape index (κ1) is 20.4. The van der Waals surface area contributed by atoms with Crippen LogP contribution in [-0.2, 0) is 6.42 Å². The van der Waals surface area contributed by atoms with E-state index in [0.29, 0.717) is 0 Å². The maximum absolute atomic E-state index is 5.40. The molecule has 0 N–H and O–H groups in total. The highest BCUT2D eigenvalue weighted by molar-refractivity contribution is 9.10. The first-order valence-corrected chi connectivity index (χ1v) is 10.9. The van der Waals surface area contributed by atoms with Crippen molar-refractivity contribution in [1.29, 1.82) is 0 Å². The van der Waals surface area contributed by atoms with Crippen LogP contribution in [0.2, 0.25) is 0 Å². The van der Waals surface area contributed by atoms with Gasteiger partial charge in [-0.05, 0) is 78.5 Å². The van der Waals surface area contributed by atoms with Gasteiger partial charge in [-0.25, -0.2) is 4.98 Å². The van der Waals surface area contributed by atoms with Gasteiger partial charge in [0.15, 0.2) is 0 Å². The maximum Gasteiger partial charge on any atom is 0.141 e. The monoisotopic (exact) mass is 464 g/mol. The van der Waals surface area contributed by atoms with Crippen LogP contribution in [0.1, 0.15) is 30.9 Å². The number of anilines is 2. The lowest BCUT2D eigenvalue weighted by atomic mass is 9.99. The minimum absolute atomic E-state index is 0.846. The SMILES string of the molecule is CCc1ccc(-c2c(C)noc2C)cc1N(CC)c1ccc(-n2ccnc2)c(Br)c1. The Balaban J connectivity index is 1.79. The first-order chi connectivity index (χ1) is 14.5. The van der Waals surface area contributed by atoms with E-state index in [0.717, 1.165) is 51.4 Å². The third kappa shape index (κ3) is 3.67. The molecule has 30 heavy (non-hydrogen) atoms. The third-order valence-electron chi connectivity index (χ3n) is 5.42. The fraction of sp³-hybridized carbons (Fsp3) is 0.250. The summed E-state index contributed by atoms with van der Waals surface area (Å²) in [6, 6.07) is 13.1. The van der Waals surface area contributed by atoms with Crippen LogP contribution >= 0.6 is 15.9 Å². The smallest absolute Gasteiger partial charge is 0.141 e. The summed E-state index contributed by atoms with van der Waals surface area (Å²) in [5, 5.41) is 4.13. The molecule has 0 atom stereocenters. The van der Waals surface area contributed by atoms with E-state index in [1.54, 1.807) is 12.5 Å². The zero-order valence-electron chi connectivity index (χ0n) is 17.7. The molecule has 2 aromatic carbocycles. The molecule has 0 spiro atoms. The number of aromatic nitrogens is 3. The number of benzene rings is 2. The Morgan fingerprint density at radius 2 is 1.93 bits per heavy atom. The van der Waals surface area contributed by atoms with Crippen LogP contribution in [0.4, 0.5) is 11.4 Å². The van der Waals surface area contributed by atoms with Gasteiger partial charge in [0.25, 0.3) is 0 Å². The van der Waals surface area contributed by atoms with E-state index in [1.165, 1.54) is 11.3 Å². The van der Waals surface area contributed by atoms with Crippen LogP contribution in [0.15, 0.2) is 64.1 Å². The number of rotatable bonds is 6. The molecule has 0 radical (unpaired) electrons.